The average molecular weight is 229 g/mol. The van der Waals surface area contributed by atoms with Gasteiger partial charge in [0, 0.05) is 5.92 Å². The smallest absolute Gasteiger partial charge is 0.0891 e. The molecule has 1 aromatic heterocycles. The minimum Gasteiger partial charge on any atom is -0.396 e. The number of benzene rings is 1. The first-order valence-corrected chi connectivity index (χ1v) is 5.82. The topological polar surface area (TPSA) is 64.1 Å². The van der Waals surface area contributed by atoms with Crippen LogP contribution in [0.15, 0.2) is 36.5 Å². The molecule has 3 N–H and O–H groups in total. The van der Waals surface area contributed by atoms with Crippen molar-refractivity contribution in [2.75, 3.05) is 5.73 Å². The third-order valence-electron chi connectivity index (χ3n) is 3.29. The molecule has 1 fully saturated rings. The van der Waals surface area contributed by atoms with Crippen LogP contribution in [0.4, 0.5) is 5.69 Å². The van der Waals surface area contributed by atoms with Gasteiger partial charge in [-0.05, 0) is 25.0 Å². The SMILES string of the molecule is Nc1cn(-c2ccccc2)nc1C1CC(O)C1. The van der Waals surface area contributed by atoms with Crippen LogP contribution < -0.4 is 5.73 Å². The molecule has 3 rings (SSSR count). The fourth-order valence-corrected chi connectivity index (χ4v) is 2.24. The van der Waals surface area contributed by atoms with E-state index in [-0.39, 0.29) is 6.10 Å². The highest BCUT2D eigenvalue weighted by atomic mass is 16.3. The number of aliphatic hydroxyl groups is 1. The van der Waals surface area contributed by atoms with Crippen molar-refractivity contribution < 1.29 is 5.11 Å². The van der Waals surface area contributed by atoms with Gasteiger partial charge in [0.1, 0.15) is 0 Å². The number of rotatable bonds is 2. The number of nitrogens with zero attached hydrogens (tertiary/aromatic N) is 2. The summed E-state index contributed by atoms with van der Waals surface area (Å²) in [7, 11) is 0. The highest BCUT2D eigenvalue weighted by Gasteiger charge is 2.32. The lowest BCUT2D eigenvalue weighted by Crippen LogP contribution is -2.27. The number of nitrogens with two attached hydrogens (primary N) is 1. The lowest BCUT2D eigenvalue weighted by molar-refractivity contribution is 0.0733. The maximum Gasteiger partial charge on any atom is 0.0891 e. The molecule has 0 spiro atoms. The van der Waals surface area contributed by atoms with Crippen LogP contribution >= 0.6 is 0 Å². The molecule has 1 saturated carbocycles. The second-order valence-electron chi connectivity index (χ2n) is 4.57. The third kappa shape index (κ3) is 1.80. The van der Waals surface area contributed by atoms with Crippen LogP contribution in [0.2, 0.25) is 0 Å². The largest absolute Gasteiger partial charge is 0.396 e. The summed E-state index contributed by atoms with van der Waals surface area (Å²) in [6.45, 7) is 0. The minimum absolute atomic E-state index is 0.179. The molecule has 0 aliphatic heterocycles. The van der Waals surface area contributed by atoms with Crippen molar-refractivity contribution in [2.45, 2.75) is 24.9 Å². The Balaban J connectivity index is 1.91. The maximum atomic E-state index is 9.32. The van der Waals surface area contributed by atoms with Crippen LogP contribution in [-0.4, -0.2) is 21.0 Å². The summed E-state index contributed by atoms with van der Waals surface area (Å²) in [6, 6.07) is 9.90. The molecule has 0 radical (unpaired) electrons. The van der Waals surface area contributed by atoms with Crippen LogP contribution in [0.5, 0.6) is 0 Å². The van der Waals surface area contributed by atoms with Gasteiger partial charge in [0.2, 0.25) is 0 Å². The van der Waals surface area contributed by atoms with Crippen LogP contribution in [0, 0.1) is 0 Å². The summed E-state index contributed by atoms with van der Waals surface area (Å²) in [5.74, 6) is 0.315. The number of hydrogen-bond donors (Lipinski definition) is 2. The summed E-state index contributed by atoms with van der Waals surface area (Å²) in [4.78, 5) is 0. The van der Waals surface area contributed by atoms with Crippen molar-refractivity contribution in [3.05, 3.63) is 42.2 Å². The summed E-state index contributed by atoms with van der Waals surface area (Å²) in [5.41, 5.74) is 8.60. The van der Waals surface area contributed by atoms with Gasteiger partial charge in [0.05, 0.1) is 29.4 Å². The number of nitrogen functional groups attached to an aromatic ring is 1. The van der Waals surface area contributed by atoms with Gasteiger partial charge in [-0.15, -0.1) is 0 Å². The fourth-order valence-electron chi connectivity index (χ4n) is 2.24. The van der Waals surface area contributed by atoms with Crippen molar-refractivity contribution in [1.29, 1.82) is 0 Å². The van der Waals surface area contributed by atoms with E-state index in [1.165, 1.54) is 0 Å². The van der Waals surface area contributed by atoms with E-state index in [9.17, 15) is 5.11 Å². The second kappa shape index (κ2) is 3.89. The van der Waals surface area contributed by atoms with E-state index in [0.29, 0.717) is 11.6 Å². The van der Waals surface area contributed by atoms with Gasteiger partial charge in [-0.25, -0.2) is 4.68 Å². The Morgan fingerprint density at radius 2 is 1.94 bits per heavy atom. The number of anilines is 1. The Morgan fingerprint density at radius 1 is 1.24 bits per heavy atom. The number of aromatic nitrogens is 2. The predicted molar refractivity (Wildman–Crippen MR) is 66.0 cm³/mol. The van der Waals surface area contributed by atoms with Gasteiger partial charge in [0.15, 0.2) is 0 Å². The molecule has 4 nitrogen and oxygen atoms in total. The number of hydrogen-bond acceptors (Lipinski definition) is 3. The lowest BCUT2D eigenvalue weighted by atomic mass is 9.80. The van der Waals surface area contributed by atoms with Crippen molar-refractivity contribution in [1.82, 2.24) is 9.78 Å². The zero-order valence-corrected chi connectivity index (χ0v) is 9.45. The molecule has 1 aliphatic carbocycles. The van der Waals surface area contributed by atoms with Gasteiger partial charge in [-0.2, -0.15) is 5.10 Å². The Labute approximate surface area is 99.7 Å². The van der Waals surface area contributed by atoms with Crippen molar-refractivity contribution in [3.63, 3.8) is 0 Å². The summed E-state index contributed by atoms with van der Waals surface area (Å²) < 4.78 is 1.80. The standard InChI is InChI=1S/C13H15N3O/c14-12-8-16(10-4-2-1-3-5-10)15-13(12)9-6-11(17)7-9/h1-5,8-9,11,17H,6-7,14H2. The molecule has 4 heteroatoms. The Morgan fingerprint density at radius 3 is 2.59 bits per heavy atom. The van der Waals surface area contributed by atoms with Gasteiger partial charge in [0.25, 0.3) is 0 Å². The maximum absolute atomic E-state index is 9.32. The molecule has 0 amide bonds. The molecule has 1 aromatic carbocycles. The molecule has 0 bridgehead atoms. The van der Waals surface area contributed by atoms with E-state index in [4.69, 9.17) is 5.73 Å². The van der Waals surface area contributed by atoms with Crippen LogP contribution in [0.25, 0.3) is 5.69 Å². The lowest BCUT2D eigenvalue weighted by Gasteiger charge is -2.30. The van der Waals surface area contributed by atoms with Gasteiger partial charge in [-0.1, -0.05) is 18.2 Å². The molecular formula is C13H15N3O. The highest BCUT2D eigenvalue weighted by molar-refractivity contribution is 5.46. The zero-order valence-electron chi connectivity index (χ0n) is 9.45. The van der Waals surface area contributed by atoms with Crippen LogP contribution in [0.3, 0.4) is 0 Å². The quantitative estimate of drug-likeness (QED) is 0.823. The Kier molecular flexibility index (Phi) is 2.37. The van der Waals surface area contributed by atoms with Crippen molar-refractivity contribution in [2.24, 2.45) is 0 Å². The molecule has 1 aliphatic rings. The fraction of sp³-hybridized carbons (Fsp3) is 0.308. The first-order chi connectivity index (χ1) is 8.24. The van der Waals surface area contributed by atoms with E-state index in [0.717, 1.165) is 24.2 Å². The summed E-state index contributed by atoms with van der Waals surface area (Å²) in [5, 5.41) is 13.8. The van der Waals surface area contributed by atoms with E-state index in [2.05, 4.69) is 5.10 Å². The van der Waals surface area contributed by atoms with Gasteiger partial charge in [-0.3, -0.25) is 0 Å². The average Bonchev–Trinajstić information content (AvgIpc) is 2.68. The predicted octanol–water partition coefficient (Wildman–Crippen LogP) is 1.69. The van der Waals surface area contributed by atoms with Gasteiger partial charge >= 0.3 is 0 Å². The molecule has 2 aromatic rings. The Bertz CT molecular complexity index is 515. The molecule has 0 saturated heterocycles. The molecule has 0 unspecified atom stereocenters. The summed E-state index contributed by atoms with van der Waals surface area (Å²) >= 11 is 0. The molecular weight excluding hydrogens is 214 g/mol. The molecule has 88 valence electrons. The van der Waals surface area contributed by atoms with Gasteiger partial charge < -0.3 is 10.8 Å². The van der Waals surface area contributed by atoms with E-state index < -0.39 is 0 Å². The second-order valence-corrected chi connectivity index (χ2v) is 4.57. The third-order valence-corrected chi connectivity index (χ3v) is 3.29. The van der Waals surface area contributed by atoms with Crippen molar-refractivity contribution in [3.8, 4) is 5.69 Å². The number of para-hydroxylation sites is 1. The van der Waals surface area contributed by atoms with E-state index in [1.807, 2.05) is 36.5 Å². The number of aliphatic hydroxyl groups excluding tert-OH is 1. The Hall–Kier alpha value is -1.81. The first-order valence-electron chi connectivity index (χ1n) is 5.82. The summed E-state index contributed by atoms with van der Waals surface area (Å²) in [6.07, 6.45) is 3.21. The zero-order chi connectivity index (χ0) is 11.8. The van der Waals surface area contributed by atoms with Crippen molar-refractivity contribution >= 4 is 5.69 Å². The monoisotopic (exact) mass is 229 g/mol. The molecule has 17 heavy (non-hydrogen) atoms. The minimum atomic E-state index is -0.179. The van der Waals surface area contributed by atoms with E-state index >= 15 is 0 Å². The van der Waals surface area contributed by atoms with Crippen LogP contribution in [-0.2, 0) is 0 Å². The van der Waals surface area contributed by atoms with Crippen LogP contribution in [0.1, 0.15) is 24.5 Å². The molecule has 0 atom stereocenters. The van der Waals surface area contributed by atoms with E-state index in [1.54, 1.807) is 4.68 Å². The highest BCUT2D eigenvalue weighted by Crippen LogP contribution is 2.38. The molecule has 1 heterocycles. The first kappa shape index (κ1) is 10.4. The normalized spacial score (nSPS) is 23.4.